The van der Waals surface area contributed by atoms with Crippen LogP contribution in [0.2, 0.25) is 0 Å². The van der Waals surface area contributed by atoms with E-state index in [4.69, 9.17) is 10.2 Å². The van der Waals surface area contributed by atoms with Crippen molar-refractivity contribution in [1.29, 1.82) is 0 Å². The normalized spacial score (nSPS) is 12.9. The molecule has 1 unspecified atom stereocenters. The van der Waals surface area contributed by atoms with E-state index in [0.717, 1.165) is 0 Å². The molecule has 1 atom stereocenters. The van der Waals surface area contributed by atoms with Gasteiger partial charge in [0.05, 0.1) is 12.5 Å². The molecule has 3 N–H and O–H groups in total. The second-order valence-electron chi connectivity index (χ2n) is 2.53. The zero-order chi connectivity index (χ0) is 8.69. The average molecular weight is 161 g/mol. The molecule has 0 aliphatic rings. The number of rotatable bonds is 6. The number of carboxylic acids is 1. The van der Waals surface area contributed by atoms with Crippen molar-refractivity contribution in [2.45, 2.75) is 25.9 Å². The first-order valence-corrected chi connectivity index (χ1v) is 3.73. The predicted molar refractivity (Wildman–Crippen MR) is 41.4 cm³/mol. The van der Waals surface area contributed by atoms with Crippen molar-refractivity contribution in [3.63, 3.8) is 0 Å². The fourth-order valence-electron chi connectivity index (χ4n) is 0.631. The van der Waals surface area contributed by atoms with Gasteiger partial charge >= 0.3 is 5.97 Å². The molecule has 0 rings (SSSR count). The van der Waals surface area contributed by atoms with Gasteiger partial charge in [-0.2, -0.15) is 0 Å². The van der Waals surface area contributed by atoms with E-state index in [0.29, 0.717) is 19.5 Å². The first kappa shape index (κ1) is 10.4. The first-order chi connectivity index (χ1) is 5.13. The molecule has 11 heavy (non-hydrogen) atoms. The number of hydrogen-bond donors (Lipinski definition) is 3. The first-order valence-electron chi connectivity index (χ1n) is 3.73. The Labute approximate surface area is 66.2 Å². The van der Waals surface area contributed by atoms with E-state index in [1.807, 2.05) is 0 Å². The van der Waals surface area contributed by atoms with Crippen molar-refractivity contribution < 1.29 is 15.0 Å². The van der Waals surface area contributed by atoms with E-state index in [1.165, 1.54) is 0 Å². The molecule has 0 aliphatic carbocycles. The third kappa shape index (κ3) is 9.39. The zero-order valence-electron chi connectivity index (χ0n) is 6.71. The van der Waals surface area contributed by atoms with Crippen LogP contribution in [0.4, 0.5) is 0 Å². The number of carbonyl (C=O) groups is 1. The molecule has 66 valence electrons. The number of aliphatic hydroxyl groups excluding tert-OH is 1. The summed E-state index contributed by atoms with van der Waals surface area (Å²) in [6.45, 7) is 2.85. The van der Waals surface area contributed by atoms with Crippen LogP contribution in [0.25, 0.3) is 0 Å². The van der Waals surface area contributed by atoms with Crippen molar-refractivity contribution in [3.05, 3.63) is 0 Å². The molecule has 0 saturated heterocycles. The molecule has 0 heterocycles. The highest BCUT2D eigenvalue weighted by Crippen LogP contribution is 1.85. The summed E-state index contributed by atoms with van der Waals surface area (Å²) in [6, 6.07) is 0. The SMILES string of the molecule is CC(O)CCNCCC(=O)O. The maximum absolute atomic E-state index is 10.0. The molecule has 0 aliphatic heterocycles. The number of carboxylic acid groups (broad SMARTS) is 1. The molecule has 0 spiro atoms. The highest BCUT2D eigenvalue weighted by atomic mass is 16.4. The highest BCUT2D eigenvalue weighted by molar-refractivity contribution is 5.66. The summed E-state index contributed by atoms with van der Waals surface area (Å²) >= 11 is 0. The van der Waals surface area contributed by atoms with E-state index in [9.17, 15) is 4.79 Å². The topological polar surface area (TPSA) is 69.6 Å². The maximum Gasteiger partial charge on any atom is 0.304 e. The van der Waals surface area contributed by atoms with Gasteiger partial charge in [-0.05, 0) is 19.9 Å². The van der Waals surface area contributed by atoms with Crippen molar-refractivity contribution in [2.24, 2.45) is 0 Å². The molecule has 0 radical (unpaired) electrons. The molecule has 0 aromatic rings. The van der Waals surface area contributed by atoms with E-state index in [-0.39, 0.29) is 12.5 Å². The van der Waals surface area contributed by atoms with Crippen LogP contribution in [0.5, 0.6) is 0 Å². The highest BCUT2D eigenvalue weighted by Gasteiger charge is 1.96. The molecule has 0 amide bonds. The lowest BCUT2D eigenvalue weighted by molar-refractivity contribution is -0.136. The van der Waals surface area contributed by atoms with E-state index in [2.05, 4.69) is 5.32 Å². The Balaban J connectivity index is 2.97. The molecule has 0 aromatic carbocycles. The third-order valence-electron chi connectivity index (χ3n) is 1.25. The number of aliphatic hydroxyl groups is 1. The fourth-order valence-corrected chi connectivity index (χ4v) is 0.631. The second kappa shape index (κ2) is 6.12. The van der Waals surface area contributed by atoms with E-state index >= 15 is 0 Å². The Kier molecular flexibility index (Phi) is 5.78. The molecular weight excluding hydrogens is 146 g/mol. The summed E-state index contributed by atoms with van der Waals surface area (Å²) in [5, 5.41) is 19.9. The van der Waals surface area contributed by atoms with Gasteiger partial charge in [0.25, 0.3) is 0 Å². The minimum atomic E-state index is -0.797. The molecule has 0 fully saturated rings. The summed E-state index contributed by atoms with van der Waals surface area (Å²) in [7, 11) is 0. The quantitative estimate of drug-likeness (QED) is 0.473. The largest absolute Gasteiger partial charge is 0.481 e. The lowest BCUT2D eigenvalue weighted by Gasteiger charge is -2.04. The van der Waals surface area contributed by atoms with Gasteiger partial charge in [-0.15, -0.1) is 0 Å². The number of aliphatic carboxylic acids is 1. The van der Waals surface area contributed by atoms with Crippen molar-refractivity contribution >= 4 is 5.97 Å². The van der Waals surface area contributed by atoms with Crippen LogP contribution in [0.15, 0.2) is 0 Å². The summed E-state index contributed by atoms with van der Waals surface area (Å²) in [4.78, 5) is 10.0. The molecule has 0 saturated carbocycles. The summed E-state index contributed by atoms with van der Waals surface area (Å²) in [5.74, 6) is -0.797. The fraction of sp³-hybridized carbons (Fsp3) is 0.857. The average Bonchev–Trinajstić information content (AvgIpc) is 1.85. The van der Waals surface area contributed by atoms with Gasteiger partial charge in [0.1, 0.15) is 0 Å². The Bertz CT molecular complexity index is 114. The standard InChI is InChI=1S/C7H15NO3/c1-6(9)2-4-8-5-3-7(10)11/h6,8-9H,2-5H2,1H3,(H,10,11). The number of hydrogen-bond acceptors (Lipinski definition) is 3. The van der Waals surface area contributed by atoms with Gasteiger partial charge in [0, 0.05) is 6.54 Å². The maximum atomic E-state index is 10.0. The van der Waals surface area contributed by atoms with Gasteiger partial charge in [-0.25, -0.2) is 0 Å². The van der Waals surface area contributed by atoms with Gasteiger partial charge < -0.3 is 15.5 Å². The van der Waals surface area contributed by atoms with E-state index < -0.39 is 5.97 Å². The molecule has 4 nitrogen and oxygen atoms in total. The van der Waals surface area contributed by atoms with Gasteiger partial charge in [-0.1, -0.05) is 0 Å². The van der Waals surface area contributed by atoms with Crippen molar-refractivity contribution in [2.75, 3.05) is 13.1 Å². The van der Waals surface area contributed by atoms with Gasteiger partial charge in [0.15, 0.2) is 0 Å². The van der Waals surface area contributed by atoms with Crippen LogP contribution in [0.3, 0.4) is 0 Å². The molecule has 4 heteroatoms. The Hall–Kier alpha value is -0.610. The van der Waals surface area contributed by atoms with Gasteiger partial charge in [0.2, 0.25) is 0 Å². The van der Waals surface area contributed by atoms with Crippen LogP contribution >= 0.6 is 0 Å². The van der Waals surface area contributed by atoms with Gasteiger partial charge in [-0.3, -0.25) is 4.79 Å². The van der Waals surface area contributed by atoms with E-state index in [1.54, 1.807) is 6.92 Å². The summed E-state index contributed by atoms with van der Waals surface area (Å²) < 4.78 is 0. The zero-order valence-corrected chi connectivity index (χ0v) is 6.71. The van der Waals surface area contributed by atoms with Crippen LogP contribution < -0.4 is 5.32 Å². The monoisotopic (exact) mass is 161 g/mol. The lowest BCUT2D eigenvalue weighted by atomic mass is 10.3. The second-order valence-corrected chi connectivity index (χ2v) is 2.53. The molecular formula is C7H15NO3. The minimum Gasteiger partial charge on any atom is -0.481 e. The Morgan fingerprint density at radius 3 is 2.64 bits per heavy atom. The van der Waals surface area contributed by atoms with Crippen LogP contribution in [-0.2, 0) is 4.79 Å². The summed E-state index contributed by atoms with van der Waals surface area (Å²) in [6.07, 6.45) is 0.492. The third-order valence-corrected chi connectivity index (χ3v) is 1.25. The van der Waals surface area contributed by atoms with Crippen LogP contribution in [0, 0.1) is 0 Å². The Morgan fingerprint density at radius 1 is 1.55 bits per heavy atom. The predicted octanol–water partition coefficient (Wildman–Crippen LogP) is -0.178. The van der Waals surface area contributed by atoms with Crippen molar-refractivity contribution in [1.82, 2.24) is 5.32 Å². The number of nitrogens with one attached hydrogen (secondary N) is 1. The smallest absolute Gasteiger partial charge is 0.304 e. The molecule has 0 aromatic heterocycles. The minimum absolute atomic E-state index is 0.139. The Morgan fingerprint density at radius 2 is 2.18 bits per heavy atom. The van der Waals surface area contributed by atoms with Crippen LogP contribution in [-0.4, -0.2) is 35.4 Å². The summed E-state index contributed by atoms with van der Waals surface area (Å²) in [5.41, 5.74) is 0. The van der Waals surface area contributed by atoms with Crippen molar-refractivity contribution in [3.8, 4) is 0 Å². The van der Waals surface area contributed by atoms with Crippen LogP contribution in [0.1, 0.15) is 19.8 Å². The lowest BCUT2D eigenvalue weighted by Crippen LogP contribution is -2.21. The molecule has 0 bridgehead atoms.